The Morgan fingerprint density at radius 3 is 2.62 bits per heavy atom. The van der Waals surface area contributed by atoms with E-state index >= 15 is 4.39 Å². The predicted molar refractivity (Wildman–Crippen MR) is 122 cm³/mol. The maximum absolute atomic E-state index is 15.1. The summed E-state index contributed by atoms with van der Waals surface area (Å²) in [6.45, 7) is 6.69. The second kappa shape index (κ2) is 9.04. The fourth-order valence-corrected chi connectivity index (χ4v) is 4.11. The van der Waals surface area contributed by atoms with Gasteiger partial charge in [0, 0.05) is 15.2 Å². The highest BCUT2D eigenvalue weighted by Crippen LogP contribution is 2.28. The van der Waals surface area contributed by atoms with Gasteiger partial charge < -0.3 is 9.68 Å². The largest absolute Gasteiger partial charge is 0.491 e. The van der Waals surface area contributed by atoms with Crippen LogP contribution in [-0.2, 0) is 11.3 Å². The van der Waals surface area contributed by atoms with Crippen LogP contribution in [0.5, 0.6) is 0 Å². The molecule has 6 nitrogen and oxygen atoms in total. The molecule has 0 aliphatic carbocycles. The molecule has 0 saturated heterocycles. The topological polar surface area (TPSA) is 78.9 Å². The molecule has 1 heterocycles. The summed E-state index contributed by atoms with van der Waals surface area (Å²) in [6, 6.07) is 6.51. The Hall–Kier alpha value is -2.71. The molecule has 1 atom stereocenters. The first kappa shape index (κ1) is 19.9. The van der Waals surface area contributed by atoms with Crippen LogP contribution < -0.4 is 10.9 Å². The summed E-state index contributed by atoms with van der Waals surface area (Å²) >= 11 is 0. The first-order valence-corrected chi connectivity index (χ1v) is 10.5. The molecule has 0 unspecified atom stereocenters. The Bertz CT molecular complexity index is 1150. The van der Waals surface area contributed by atoms with Gasteiger partial charge in [0.25, 0.3) is 11.8 Å². The number of nitrogens with one attached hydrogen (secondary N) is 1. The molecule has 0 aromatic heterocycles. The highest BCUT2D eigenvalue weighted by Gasteiger charge is 2.36. The fraction of sp³-hybridized carbons (Fsp3) is 0.417. The minimum absolute atomic E-state index is 0.0131. The number of hydrogen-bond donors (Lipinski definition) is 2. The molecule has 3 rings (SSSR count). The molecule has 2 aromatic carbocycles. The number of hydrazine groups is 1. The molecule has 1 aliphatic heterocycles. The minimum Gasteiger partial charge on any atom is -0.423 e. The maximum atomic E-state index is 15.1. The molecular weight excluding hydrogens is 410 g/mol. The van der Waals surface area contributed by atoms with Crippen molar-refractivity contribution in [2.75, 3.05) is 0 Å². The van der Waals surface area contributed by atoms with Crippen LogP contribution in [0.2, 0.25) is 0 Å². The highest BCUT2D eigenvalue weighted by molar-refractivity contribution is 6.61. The summed E-state index contributed by atoms with van der Waals surface area (Å²) < 4.78 is 43.3. The van der Waals surface area contributed by atoms with E-state index in [1.807, 2.05) is 27.7 Å². The van der Waals surface area contributed by atoms with E-state index in [0.29, 0.717) is 12.0 Å². The van der Waals surface area contributed by atoms with Gasteiger partial charge in [0.2, 0.25) is 0 Å². The van der Waals surface area contributed by atoms with Gasteiger partial charge in [-0.25, -0.2) is 9.40 Å². The molecule has 2 amide bonds. The molecule has 0 spiro atoms. The number of carbonyl (C=O) groups is 2. The quantitative estimate of drug-likeness (QED) is 0.562. The summed E-state index contributed by atoms with van der Waals surface area (Å²) in [5.41, 5.74) is 2.85. The zero-order chi connectivity index (χ0) is 26.3. The van der Waals surface area contributed by atoms with E-state index < -0.39 is 43.1 Å². The number of fused-ring (bicyclic) bond motifs is 1. The van der Waals surface area contributed by atoms with Crippen molar-refractivity contribution in [2.24, 2.45) is 5.41 Å². The Morgan fingerprint density at radius 1 is 1.31 bits per heavy atom. The summed E-state index contributed by atoms with van der Waals surface area (Å²) in [6.07, 6.45) is 0.472. The number of benzene rings is 2. The van der Waals surface area contributed by atoms with E-state index in [1.54, 1.807) is 13.0 Å². The van der Waals surface area contributed by atoms with Crippen molar-refractivity contribution >= 4 is 24.4 Å². The molecular formula is C24H30BFN2O4. The summed E-state index contributed by atoms with van der Waals surface area (Å²) in [5, 5.41) is 11.0. The molecule has 0 bridgehead atoms. The van der Waals surface area contributed by atoms with Gasteiger partial charge in [0.05, 0.1) is 18.2 Å². The molecule has 8 heteroatoms. The highest BCUT2D eigenvalue weighted by atomic mass is 19.1. The van der Waals surface area contributed by atoms with Crippen LogP contribution in [-0.4, -0.2) is 35.0 Å². The van der Waals surface area contributed by atoms with Crippen LogP contribution in [0.25, 0.3) is 0 Å². The van der Waals surface area contributed by atoms with Crippen molar-refractivity contribution in [1.82, 2.24) is 10.4 Å². The number of hydrogen-bond acceptors (Lipinski definition) is 4. The first-order valence-electron chi connectivity index (χ1n) is 12.0. The Kier molecular flexibility index (Phi) is 5.63. The molecule has 0 saturated carbocycles. The van der Waals surface area contributed by atoms with Crippen molar-refractivity contribution in [2.45, 2.75) is 60.5 Å². The molecule has 1 aliphatic rings. The minimum atomic E-state index is -2.41. The zero-order valence-electron chi connectivity index (χ0n) is 22.0. The van der Waals surface area contributed by atoms with Crippen LogP contribution in [0.15, 0.2) is 30.3 Å². The number of carbonyl (C=O) groups excluding carboxylic acids is 2. The molecule has 2 N–H and O–H groups in total. The fourth-order valence-electron chi connectivity index (χ4n) is 4.11. The van der Waals surface area contributed by atoms with Gasteiger partial charge in [-0.3, -0.25) is 15.0 Å². The first-order chi connectivity index (χ1) is 16.1. The van der Waals surface area contributed by atoms with Gasteiger partial charge in [-0.1, -0.05) is 51.0 Å². The second-order valence-corrected chi connectivity index (χ2v) is 9.15. The normalized spacial score (nSPS) is 16.0. The van der Waals surface area contributed by atoms with Crippen molar-refractivity contribution in [3.05, 3.63) is 64.0 Å². The predicted octanol–water partition coefficient (Wildman–Crippen LogP) is 3.27. The number of nitrogens with zero attached hydrogens (tertiary/aromatic N) is 1. The van der Waals surface area contributed by atoms with E-state index in [2.05, 4.69) is 5.43 Å². The van der Waals surface area contributed by atoms with Gasteiger partial charge in [-0.05, 0) is 49.3 Å². The van der Waals surface area contributed by atoms with Gasteiger partial charge in [-0.15, -0.1) is 0 Å². The lowest BCUT2D eigenvalue weighted by Gasteiger charge is -2.39. The Labute approximate surface area is 193 Å². The van der Waals surface area contributed by atoms with Crippen LogP contribution in [0.1, 0.15) is 75.6 Å². The maximum Gasteiger partial charge on any atom is 0.491 e. The number of amides is 2. The van der Waals surface area contributed by atoms with Gasteiger partial charge in [0.15, 0.2) is 0 Å². The lowest BCUT2D eigenvalue weighted by molar-refractivity contribution is 0.0283. The third kappa shape index (κ3) is 4.71. The van der Waals surface area contributed by atoms with E-state index in [4.69, 9.17) is 8.77 Å². The molecule has 2 aromatic rings. The summed E-state index contributed by atoms with van der Waals surface area (Å²) in [7, 11) is -1.26. The van der Waals surface area contributed by atoms with Crippen molar-refractivity contribution in [1.29, 1.82) is 0 Å². The number of aryl methyl sites for hydroxylation is 2. The number of halogens is 1. The van der Waals surface area contributed by atoms with Crippen molar-refractivity contribution < 1.29 is 27.8 Å². The summed E-state index contributed by atoms with van der Waals surface area (Å²) in [4.78, 5) is 26.9. The van der Waals surface area contributed by atoms with E-state index in [9.17, 15) is 14.6 Å². The van der Waals surface area contributed by atoms with Crippen molar-refractivity contribution in [3.8, 4) is 0 Å². The molecule has 32 heavy (non-hydrogen) atoms. The van der Waals surface area contributed by atoms with Gasteiger partial charge >= 0.3 is 7.12 Å². The third-order valence-corrected chi connectivity index (χ3v) is 5.64. The zero-order valence-corrected chi connectivity index (χ0v) is 19.0. The number of rotatable bonds is 4. The lowest BCUT2D eigenvalue weighted by atomic mass is 9.79. The van der Waals surface area contributed by atoms with Crippen LogP contribution in [0.3, 0.4) is 0 Å². The molecule has 170 valence electrons. The standard InChI is InChI=1S/C24H30BFN2O4/c1-7-20(24(4,5)6)28(23(30)16-11-14(2)10-15(3)12-16)27-22(29)17-8-9-19-18(21(17)26)13-32-25(19)31/h8-12,20,31H,7,13H2,1-6H3,(H,27,29)/t20-/m1/s1/i2D3. The molecule has 0 radical (unpaired) electrons. The third-order valence-electron chi connectivity index (χ3n) is 5.64. The summed E-state index contributed by atoms with van der Waals surface area (Å²) in [5.74, 6) is -2.27. The van der Waals surface area contributed by atoms with Gasteiger partial charge in [-0.2, -0.15) is 0 Å². The van der Waals surface area contributed by atoms with Crippen molar-refractivity contribution in [3.63, 3.8) is 0 Å². The van der Waals surface area contributed by atoms with E-state index in [1.165, 1.54) is 29.3 Å². The monoisotopic (exact) mass is 443 g/mol. The SMILES string of the molecule is [2H]C([2H])([2H])c1cc(C)cc(C(=O)N(NC(=O)c2ccc3c(c2F)COB3O)[C@H](CC)C(C)(C)C)c1. The van der Waals surface area contributed by atoms with E-state index in [0.717, 1.165) is 0 Å². The Morgan fingerprint density at radius 2 is 2.00 bits per heavy atom. The van der Waals surface area contributed by atoms with Crippen LogP contribution in [0.4, 0.5) is 4.39 Å². The lowest BCUT2D eigenvalue weighted by Crippen LogP contribution is -2.56. The average molecular weight is 443 g/mol. The second-order valence-electron chi connectivity index (χ2n) is 9.15. The molecule has 0 fully saturated rings. The van der Waals surface area contributed by atoms with Crippen LogP contribution in [0, 0.1) is 25.0 Å². The Balaban J connectivity index is 2.03. The van der Waals surface area contributed by atoms with Crippen LogP contribution >= 0.6 is 0 Å². The van der Waals surface area contributed by atoms with Gasteiger partial charge in [0.1, 0.15) is 5.82 Å². The average Bonchev–Trinajstić information content (AvgIpc) is 3.12. The smallest absolute Gasteiger partial charge is 0.423 e. The van der Waals surface area contributed by atoms with E-state index in [-0.39, 0.29) is 34.3 Å².